The van der Waals surface area contributed by atoms with Gasteiger partial charge in [-0.2, -0.15) is 0 Å². The molecule has 0 aliphatic carbocycles. The zero-order valence-electron chi connectivity index (χ0n) is 11.1. The van der Waals surface area contributed by atoms with E-state index < -0.39 is 0 Å². The molecule has 0 amide bonds. The molecule has 0 aliphatic heterocycles. The average Bonchev–Trinajstić information content (AvgIpc) is 2.43. The van der Waals surface area contributed by atoms with Crippen LogP contribution in [0.5, 0.6) is 5.75 Å². The maximum absolute atomic E-state index is 14.0. The molecule has 0 heterocycles. The van der Waals surface area contributed by atoms with Gasteiger partial charge in [0.1, 0.15) is 11.6 Å². The van der Waals surface area contributed by atoms with Gasteiger partial charge in [0.05, 0.1) is 34.4 Å². The average molecular weight is 314 g/mol. The summed E-state index contributed by atoms with van der Waals surface area (Å²) in [5, 5.41) is 4.01. The minimum absolute atomic E-state index is 0.317. The number of hydrogen-bond donors (Lipinski definition) is 1. The second-order valence-corrected chi connectivity index (χ2v) is 5.11. The van der Waals surface area contributed by atoms with E-state index in [1.54, 1.807) is 30.3 Å². The summed E-state index contributed by atoms with van der Waals surface area (Å²) in [4.78, 5) is 0. The van der Waals surface area contributed by atoms with Crippen molar-refractivity contribution < 1.29 is 9.13 Å². The molecule has 2 rings (SSSR count). The summed E-state index contributed by atoms with van der Waals surface area (Å²) in [6.45, 7) is 1.83. The molecule has 5 heteroatoms. The maximum atomic E-state index is 14.0. The van der Waals surface area contributed by atoms with Crippen LogP contribution in [-0.4, -0.2) is 7.11 Å². The molecule has 20 heavy (non-hydrogen) atoms. The summed E-state index contributed by atoms with van der Waals surface area (Å²) in [7, 11) is 1.51. The minimum Gasteiger partial charge on any atom is -0.496 e. The quantitative estimate of drug-likeness (QED) is 0.825. The van der Waals surface area contributed by atoms with E-state index in [1.807, 2.05) is 6.92 Å². The summed E-state index contributed by atoms with van der Waals surface area (Å²) >= 11 is 12.1. The summed E-state index contributed by atoms with van der Waals surface area (Å²) in [6, 6.07) is 9.67. The van der Waals surface area contributed by atoms with E-state index in [0.29, 0.717) is 27.0 Å². The van der Waals surface area contributed by atoms with Crippen molar-refractivity contribution >= 4 is 28.9 Å². The molecular weight excluding hydrogens is 300 g/mol. The van der Waals surface area contributed by atoms with Crippen LogP contribution in [0.1, 0.15) is 18.5 Å². The SMILES string of the molecule is COc1cccc(F)c1C(C)Nc1cccc(Cl)c1Cl. The zero-order valence-corrected chi connectivity index (χ0v) is 12.6. The Morgan fingerprint density at radius 3 is 2.55 bits per heavy atom. The third kappa shape index (κ3) is 3.00. The Labute approximate surface area is 127 Å². The zero-order chi connectivity index (χ0) is 14.7. The maximum Gasteiger partial charge on any atom is 0.132 e. The molecule has 0 aliphatic rings. The monoisotopic (exact) mass is 313 g/mol. The predicted octanol–water partition coefficient (Wildman–Crippen LogP) is 5.31. The Kier molecular flexibility index (Phi) is 4.73. The normalized spacial score (nSPS) is 12.1. The van der Waals surface area contributed by atoms with Crippen LogP contribution in [0.2, 0.25) is 10.0 Å². The minimum atomic E-state index is -0.331. The van der Waals surface area contributed by atoms with Crippen molar-refractivity contribution in [3.05, 3.63) is 57.8 Å². The largest absolute Gasteiger partial charge is 0.496 e. The number of hydrogen-bond acceptors (Lipinski definition) is 2. The first-order valence-electron chi connectivity index (χ1n) is 6.07. The smallest absolute Gasteiger partial charge is 0.132 e. The van der Waals surface area contributed by atoms with Gasteiger partial charge < -0.3 is 10.1 Å². The van der Waals surface area contributed by atoms with E-state index in [9.17, 15) is 4.39 Å². The lowest BCUT2D eigenvalue weighted by atomic mass is 10.1. The van der Waals surface area contributed by atoms with Crippen LogP contribution in [0.3, 0.4) is 0 Å². The summed E-state index contributed by atoms with van der Waals surface area (Å²) in [5.41, 5.74) is 1.10. The molecule has 0 aromatic heterocycles. The molecule has 0 spiro atoms. The van der Waals surface area contributed by atoms with Gasteiger partial charge in [0.2, 0.25) is 0 Å². The van der Waals surface area contributed by atoms with Gasteiger partial charge in [-0.25, -0.2) is 4.39 Å². The first-order valence-corrected chi connectivity index (χ1v) is 6.83. The molecule has 0 saturated carbocycles. The standard InChI is InChI=1S/C15H14Cl2FNO/c1-9(14-11(18)6-4-8-13(14)20-2)19-12-7-3-5-10(16)15(12)17/h3-9,19H,1-2H3. The van der Waals surface area contributed by atoms with Gasteiger partial charge in [-0.05, 0) is 31.2 Å². The Morgan fingerprint density at radius 2 is 1.85 bits per heavy atom. The molecule has 2 aromatic carbocycles. The molecule has 0 fully saturated rings. The first-order chi connectivity index (χ1) is 9.54. The number of nitrogens with one attached hydrogen (secondary N) is 1. The van der Waals surface area contributed by atoms with E-state index in [-0.39, 0.29) is 11.9 Å². The fourth-order valence-electron chi connectivity index (χ4n) is 2.04. The van der Waals surface area contributed by atoms with Crippen LogP contribution < -0.4 is 10.1 Å². The Morgan fingerprint density at radius 1 is 1.15 bits per heavy atom. The number of anilines is 1. The van der Waals surface area contributed by atoms with E-state index in [4.69, 9.17) is 27.9 Å². The number of rotatable bonds is 4. The van der Waals surface area contributed by atoms with Crippen molar-refractivity contribution in [2.45, 2.75) is 13.0 Å². The third-order valence-electron chi connectivity index (χ3n) is 2.99. The van der Waals surface area contributed by atoms with Gasteiger partial charge in [0.25, 0.3) is 0 Å². The van der Waals surface area contributed by atoms with E-state index in [1.165, 1.54) is 13.2 Å². The Bertz CT molecular complexity index is 619. The van der Waals surface area contributed by atoms with E-state index in [2.05, 4.69) is 5.32 Å². The highest BCUT2D eigenvalue weighted by Gasteiger charge is 2.17. The predicted molar refractivity (Wildman–Crippen MR) is 81.5 cm³/mol. The summed E-state index contributed by atoms with van der Waals surface area (Å²) < 4.78 is 19.2. The number of ether oxygens (including phenoxy) is 1. The lowest BCUT2D eigenvalue weighted by Gasteiger charge is -2.20. The highest BCUT2D eigenvalue weighted by Crippen LogP contribution is 2.34. The molecule has 106 valence electrons. The molecule has 1 unspecified atom stereocenters. The van der Waals surface area contributed by atoms with Crippen molar-refractivity contribution in [1.82, 2.24) is 0 Å². The van der Waals surface area contributed by atoms with Crippen LogP contribution in [0.15, 0.2) is 36.4 Å². The van der Waals surface area contributed by atoms with Gasteiger partial charge >= 0.3 is 0 Å². The van der Waals surface area contributed by atoms with Crippen molar-refractivity contribution in [3.8, 4) is 5.75 Å². The Balaban J connectivity index is 2.33. The Hall–Kier alpha value is -1.45. The molecule has 0 saturated heterocycles. The highest BCUT2D eigenvalue weighted by molar-refractivity contribution is 6.43. The van der Waals surface area contributed by atoms with Crippen molar-refractivity contribution in [3.63, 3.8) is 0 Å². The topological polar surface area (TPSA) is 21.3 Å². The van der Waals surface area contributed by atoms with Gasteiger partial charge in [-0.3, -0.25) is 0 Å². The van der Waals surface area contributed by atoms with Crippen LogP contribution in [-0.2, 0) is 0 Å². The van der Waals surface area contributed by atoms with Gasteiger partial charge in [0, 0.05) is 0 Å². The number of methoxy groups -OCH3 is 1. The van der Waals surface area contributed by atoms with Crippen LogP contribution in [0.4, 0.5) is 10.1 Å². The van der Waals surface area contributed by atoms with E-state index >= 15 is 0 Å². The second kappa shape index (κ2) is 6.33. The summed E-state index contributed by atoms with van der Waals surface area (Å²) in [6.07, 6.45) is 0. The van der Waals surface area contributed by atoms with E-state index in [0.717, 1.165) is 0 Å². The van der Waals surface area contributed by atoms with Crippen molar-refractivity contribution in [2.24, 2.45) is 0 Å². The van der Waals surface area contributed by atoms with Crippen molar-refractivity contribution in [1.29, 1.82) is 0 Å². The van der Waals surface area contributed by atoms with Crippen molar-refractivity contribution in [2.75, 3.05) is 12.4 Å². The molecule has 2 aromatic rings. The van der Waals surface area contributed by atoms with Gasteiger partial charge in [-0.1, -0.05) is 35.3 Å². The van der Waals surface area contributed by atoms with Crippen LogP contribution in [0.25, 0.3) is 0 Å². The third-order valence-corrected chi connectivity index (χ3v) is 3.81. The fourth-order valence-corrected chi connectivity index (χ4v) is 2.39. The molecule has 0 bridgehead atoms. The van der Waals surface area contributed by atoms with Gasteiger partial charge in [0.15, 0.2) is 0 Å². The second-order valence-electron chi connectivity index (χ2n) is 4.32. The fraction of sp³-hybridized carbons (Fsp3) is 0.200. The molecular formula is C15H14Cl2FNO. The molecule has 1 N–H and O–H groups in total. The van der Waals surface area contributed by atoms with Crippen LogP contribution in [0, 0.1) is 5.82 Å². The lowest BCUT2D eigenvalue weighted by molar-refractivity contribution is 0.402. The molecule has 2 nitrogen and oxygen atoms in total. The summed E-state index contributed by atoms with van der Waals surface area (Å²) in [5.74, 6) is 0.158. The lowest BCUT2D eigenvalue weighted by Crippen LogP contribution is -2.10. The van der Waals surface area contributed by atoms with Gasteiger partial charge in [-0.15, -0.1) is 0 Å². The molecule has 1 atom stereocenters. The first kappa shape index (κ1) is 14.9. The number of halogens is 3. The van der Waals surface area contributed by atoms with Crippen LogP contribution >= 0.6 is 23.2 Å². The number of benzene rings is 2. The highest BCUT2D eigenvalue weighted by atomic mass is 35.5. The molecule has 0 radical (unpaired) electrons.